The van der Waals surface area contributed by atoms with E-state index in [0.717, 1.165) is 23.1 Å². The van der Waals surface area contributed by atoms with E-state index in [-0.39, 0.29) is 18.0 Å². The van der Waals surface area contributed by atoms with Gasteiger partial charge in [-0.05, 0) is 42.5 Å². The maximum atomic E-state index is 12.6. The number of carbonyl (C=O) groups excluding carboxylic acids is 1. The molecule has 0 bridgehead atoms. The third-order valence-electron chi connectivity index (χ3n) is 4.24. The molecular weight excluding hydrogens is 362 g/mol. The maximum absolute atomic E-state index is 12.6. The highest BCUT2D eigenvalue weighted by atomic mass is 32.2. The summed E-state index contributed by atoms with van der Waals surface area (Å²) >= 11 is 0. The zero-order chi connectivity index (χ0) is 20.2. The highest BCUT2D eigenvalue weighted by molar-refractivity contribution is 7.92. The lowest BCUT2D eigenvalue weighted by Gasteiger charge is -2.21. The van der Waals surface area contributed by atoms with Crippen LogP contribution in [-0.2, 0) is 10.0 Å². The molecule has 1 atom stereocenters. The maximum Gasteiger partial charge on any atom is 0.319 e. The second-order valence-corrected chi connectivity index (χ2v) is 8.72. The molecule has 0 unspecified atom stereocenters. The first-order valence-corrected chi connectivity index (χ1v) is 10.7. The van der Waals surface area contributed by atoms with Crippen LogP contribution in [0, 0.1) is 6.92 Å². The molecule has 0 saturated carbocycles. The number of rotatable bonds is 6. The highest BCUT2D eigenvalue weighted by Crippen LogP contribution is 2.28. The topological polar surface area (TPSA) is 87.3 Å². The summed E-state index contributed by atoms with van der Waals surface area (Å²) in [4.78, 5) is 12.6. The molecule has 0 aliphatic heterocycles. The second kappa shape index (κ2) is 8.43. The van der Waals surface area contributed by atoms with Gasteiger partial charge in [-0.1, -0.05) is 50.2 Å². The summed E-state index contributed by atoms with van der Waals surface area (Å²) in [6.45, 7) is 7.92. The van der Waals surface area contributed by atoms with Crippen LogP contribution in [-0.4, -0.2) is 20.7 Å². The fourth-order valence-electron chi connectivity index (χ4n) is 2.93. The smallest absolute Gasteiger partial charge is 0.319 e. The Bertz CT molecular complexity index is 924. The molecule has 0 saturated heterocycles. The third-order valence-corrected chi connectivity index (χ3v) is 4.83. The zero-order valence-electron chi connectivity index (χ0n) is 16.3. The van der Waals surface area contributed by atoms with Gasteiger partial charge in [-0.25, -0.2) is 13.2 Å². The number of anilines is 2. The number of hydrogen-bond donors (Lipinski definition) is 3. The Labute approximate surface area is 161 Å². The van der Waals surface area contributed by atoms with Crippen LogP contribution in [0.3, 0.4) is 0 Å². The summed E-state index contributed by atoms with van der Waals surface area (Å²) in [6, 6.07) is 12.2. The van der Waals surface area contributed by atoms with E-state index in [4.69, 9.17) is 0 Å². The van der Waals surface area contributed by atoms with E-state index < -0.39 is 10.0 Å². The van der Waals surface area contributed by atoms with E-state index in [2.05, 4.69) is 29.2 Å². The number of urea groups is 1. The van der Waals surface area contributed by atoms with Gasteiger partial charge in [0.1, 0.15) is 0 Å². The van der Waals surface area contributed by atoms with Crippen LogP contribution >= 0.6 is 0 Å². The molecule has 27 heavy (non-hydrogen) atoms. The third kappa shape index (κ3) is 5.72. The summed E-state index contributed by atoms with van der Waals surface area (Å²) in [5, 5.41) is 5.82. The van der Waals surface area contributed by atoms with Crippen molar-refractivity contribution in [2.24, 2.45) is 0 Å². The number of hydrogen-bond acceptors (Lipinski definition) is 3. The summed E-state index contributed by atoms with van der Waals surface area (Å²) in [7, 11) is -3.41. The van der Waals surface area contributed by atoms with Gasteiger partial charge in [-0.2, -0.15) is 0 Å². The number of sulfonamides is 1. The molecule has 7 heteroatoms. The van der Waals surface area contributed by atoms with Crippen molar-refractivity contribution in [2.75, 3.05) is 16.3 Å². The van der Waals surface area contributed by atoms with Crippen molar-refractivity contribution in [1.82, 2.24) is 5.32 Å². The highest BCUT2D eigenvalue weighted by Gasteiger charge is 2.17. The van der Waals surface area contributed by atoms with Crippen molar-refractivity contribution in [3.8, 4) is 0 Å². The van der Waals surface area contributed by atoms with Gasteiger partial charge in [0.05, 0.1) is 18.0 Å². The lowest BCUT2D eigenvalue weighted by atomic mass is 9.98. The Morgan fingerprint density at radius 3 is 2.22 bits per heavy atom. The van der Waals surface area contributed by atoms with Crippen molar-refractivity contribution in [1.29, 1.82) is 0 Å². The van der Waals surface area contributed by atoms with Crippen LogP contribution in [0.4, 0.5) is 16.2 Å². The Kier molecular flexibility index (Phi) is 6.49. The van der Waals surface area contributed by atoms with Gasteiger partial charge in [-0.15, -0.1) is 0 Å². The molecule has 0 spiro atoms. The van der Waals surface area contributed by atoms with Crippen LogP contribution in [0.25, 0.3) is 0 Å². The van der Waals surface area contributed by atoms with E-state index in [1.54, 1.807) is 24.3 Å². The van der Waals surface area contributed by atoms with Crippen LogP contribution in [0.5, 0.6) is 0 Å². The fraction of sp³-hybridized carbons (Fsp3) is 0.350. The SMILES string of the molecule is Cc1cccc(C(C)C)c1NC(=O)N[C@H](C)c1ccccc1NS(C)(=O)=O. The Balaban J connectivity index is 2.18. The predicted octanol–water partition coefficient (Wildman–Crippen LogP) is 4.37. The van der Waals surface area contributed by atoms with Crippen LogP contribution in [0.15, 0.2) is 42.5 Å². The van der Waals surface area contributed by atoms with Crippen LogP contribution in [0.1, 0.15) is 49.4 Å². The zero-order valence-corrected chi connectivity index (χ0v) is 17.1. The predicted molar refractivity (Wildman–Crippen MR) is 111 cm³/mol. The molecule has 2 aromatic rings. The summed E-state index contributed by atoms with van der Waals surface area (Å²) < 4.78 is 25.6. The number of carbonyl (C=O) groups is 1. The number of amides is 2. The fourth-order valence-corrected chi connectivity index (χ4v) is 3.52. The Morgan fingerprint density at radius 1 is 0.963 bits per heavy atom. The largest absolute Gasteiger partial charge is 0.331 e. The minimum Gasteiger partial charge on any atom is -0.331 e. The summed E-state index contributed by atoms with van der Waals surface area (Å²) in [5.74, 6) is 0.275. The first-order chi connectivity index (χ1) is 12.6. The van der Waals surface area contributed by atoms with Crippen molar-refractivity contribution < 1.29 is 13.2 Å². The summed E-state index contributed by atoms with van der Waals surface area (Å²) in [5.41, 5.74) is 4.00. The number of benzene rings is 2. The molecule has 6 nitrogen and oxygen atoms in total. The Morgan fingerprint density at radius 2 is 1.59 bits per heavy atom. The van der Waals surface area contributed by atoms with Gasteiger partial charge in [0, 0.05) is 5.69 Å². The molecule has 146 valence electrons. The van der Waals surface area contributed by atoms with Gasteiger partial charge in [-0.3, -0.25) is 4.72 Å². The van der Waals surface area contributed by atoms with Crippen molar-refractivity contribution in [3.05, 3.63) is 59.2 Å². The van der Waals surface area contributed by atoms with Gasteiger partial charge in [0.15, 0.2) is 0 Å². The standard InChI is InChI=1S/C20H27N3O3S/c1-13(2)16-11-8-9-14(3)19(16)22-20(24)21-15(4)17-10-6-7-12-18(17)23-27(5,25)26/h6-13,15,23H,1-5H3,(H2,21,22,24)/t15-/m1/s1. The minimum absolute atomic E-state index is 0.275. The van der Waals surface area contributed by atoms with Gasteiger partial charge >= 0.3 is 6.03 Å². The number of nitrogens with one attached hydrogen (secondary N) is 3. The van der Waals surface area contributed by atoms with E-state index in [1.807, 2.05) is 32.0 Å². The number of aryl methyl sites for hydroxylation is 1. The Hall–Kier alpha value is -2.54. The first kappa shape index (κ1) is 20.8. The van der Waals surface area contributed by atoms with Crippen molar-refractivity contribution in [3.63, 3.8) is 0 Å². The lowest BCUT2D eigenvalue weighted by Crippen LogP contribution is -2.32. The molecular formula is C20H27N3O3S. The quantitative estimate of drug-likeness (QED) is 0.685. The van der Waals surface area contributed by atoms with Gasteiger partial charge < -0.3 is 10.6 Å². The first-order valence-electron chi connectivity index (χ1n) is 8.82. The monoisotopic (exact) mass is 389 g/mol. The molecule has 2 rings (SSSR count). The van der Waals surface area contributed by atoms with E-state index in [0.29, 0.717) is 11.3 Å². The number of para-hydroxylation sites is 2. The second-order valence-electron chi connectivity index (χ2n) is 6.98. The van der Waals surface area contributed by atoms with Crippen molar-refractivity contribution >= 4 is 27.4 Å². The van der Waals surface area contributed by atoms with E-state index in [1.165, 1.54) is 0 Å². The van der Waals surface area contributed by atoms with Gasteiger partial charge in [0.2, 0.25) is 10.0 Å². The van der Waals surface area contributed by atoms with Crippen molar-refractivity contribution in [2.45, 2.75) is 39.7 Å². The molecule has 2 aromatic carbocycles. The molecule has 0 heterocycles. The van der Waals surface area contributed by atoms with Crippen LogP contribution in [0.2, 0.25) is 0 Å². The molecule has 3 N–H and O–H groups in total. The molecule has 0 radical (unpaired) electrons. The molecule has 0 aromatic heterocycles. The van der Waals surface area contributed by atoms with Crippen LogP contribution < -0.4 is 15.4 Å². The molecule has 0 aliphatic rings. The molecule has 2 amide bonds. The lowest BCUT2D eigenvalue weighted by molar-refractivity contribution is 0.249. The average Bonchev–Trinajstić information content (AvgIpc) is 2.55. The average molecular weight is 390 g/mol. The summed E-state index contributed by atoms with van der Waals surface area (Å²) in [6.07, 6.45) is 1.10. The van der Waals surface area contributed by atoms with Gasteiger partial charge in [0.25, 0.3) is 0 Å². The normalized spacial score (nSPS) is 12.5. The minimum atomic E-state index is -3.41. The molecule has 0 aliphatic carbocycles. The van der Waals surface area contributed by atoms with E-state index in [9.17, 15) is 13.2 Å². The van der Waals surface area contributed by atoms with E-state index >= 15 is 0 Å². The molecule has 0 fully saturated rings.